The molecule has 1 heterocycles. The first kappa shape index (κ1) is 14.3. The summed E-state index contributed by atoms with van der Waals surface area (Å²) in [5.74, 6) is 0.567. The fraction of sp³-hybridized carbons (Fsp3) is 0.615. The van der Waals surface area contributed by atoms with E-state index >= 15 is 0 Å². The Kier molecular flexibility index (Phi) is 4.10. The van der Waals surface area contributed by atoms with Gasteiger partial charge in [0, 0.05) is 19.3 Å². The maximum absolute atomic E-state index is 12.5. The first-order chi connectivity index (χ1) is 8.93. The topological polar surface area (TPSA) is 76.3 Å². The highest BCUT2D eigenvalue weighted by Crippen LogP contribution is 2.30. The molecule has 1 aromatic heterocycles. The summed E-state index contributed by atoms with van der Waals surface area (Å²) in [4.78, 5) is 3.93. The number of aromatic nitrogens is 1. The van der Waals surface area contributed by atoms with E-state index in [-0.39, 0.29) is 16.8 Å². The van der Waals surface area contributed by atoms with Crippen LogP contribution < -0.4 is 5.73 Å². The van der Waals surface area contributed by atoms with Crippen LogP contribution >= 0.6 is 0 Å². The van der Waals surface area contributed by atoms with Crippen molar-refractivity contribution in [2.45, 2.75) is 43.7 Å². The third-order valence-electron chi connectivity index (χ3n) is 3.85. The molecule has 0 aromatic carbocycles. The fourth-order valence-corrected chi connectivity index (χ4v) is 4.10. The molecular weight excluding hydrogens is 262 g/mol. The average molecular weight is 283 g/mol. The zero-order valence-corrected chi connectivity index (χ0v) is 12.2. The molecule has 1 fully saturated rings. The summed E-state index contributed by atoms with van der Waals surface area (Å²) in [6.07, 6.45) is 5.52. The molecule has 2 atom stereocenters. The van der Waals surface area contributed by atoms with Crippen molar-refractivity contribution in [3.05, 3.63) is 18.3 Å². The lowest BCUT2D eigenvalue weighted by molar-refractivity contribution is 0.239. The number of nitrogens with two attached hydrogens (primary N) is 1. The van der Waals surface area contributed by atoms with Crippen LogP contribution in [0.3, 0.4) is 0 Å². The predicted octanol–water partition coefficient (Wildman–Crippen LogP) is 1.86. The molecule has 1 aliphatic rings. The van der Waals surface area contributed by atoms with E-state index in [1.54, 1.807) is 19.2 Å². The van der Waals surface area contributed by atoms with Gasteiger partial charge in [-0.2, -0.15) is 4.31 Å². The Morgan fingerprint density at radius 3 is 2.79 bits per heavy atom. The summed E-state index contributed by atoms with van der Waals surface area (Å²) in [5.41, 5.74) is 5.94. The van der Waals surface area contributed by atoms with Crippen molar-refractivity contribution in [1.29, 1.82) is 0 Å². The number of hydrogen-bond donors (Lipinski definition) is 1. The van der Waals surface area contributed by atoms with E-state index in [9.17, 15) is 8.42 Å². The van der Waals surface area contributed by atoms with Crippen molar-refractivity contribution in [3.8, 4) is 0 Å². The molecule has 0 aliphatic heterocycles. The summed E-state index contributed by atoms with van der Waals surface area (Å²) in [7, 11) is -1.96. The molecule has 2 rings (SSSR count). The van der Waals surface area contributed by atoms with Gasteiger partial charge in [0.15, 0.2) is 5.03 Å². The zero-order valence-electron chi connectivity index (χ0n) is 11.4. The second-order valence-electron chi connectivity index (χ2n) is 5.34. The highest BCUT2D eigenvalue weighted by Gasteiger charge is 2.32. The predicted molar refractivity (Wildman–Crippen MR) is 75.0 cm³/mol. The highest BCUT2D eigenvalue weighted by atomic mass is 32.2. The van der Waals surface area contributed by atoms with E-state index in [1.165, 1.54) is 16.9 Å². The van der Waals surface area contributed by atoms with Gasteiger partial charge in [-0.3, -0.25) is 0 Å². The van der Waals surface area contributed by atoms with E-state index in [0.29, 0.717) is 5.92 Å². The molecule has 1 aromatic rings. The number of hydrogen-bond acceptors (Lipinski definition) is 4. The third kappa shape index (κ3) is 2.90. The van der Waals surface area contributed by atoms with Gasteiger partial charge in [-0.25, -0.2) is 13.4 Å². The molecule has 2 N–H and O–H groups in total. The maximum Gasteiger partial charge on any atom is 0.262 e. The number of rotatable bonds is 3. The van der Waals surface area contributed by atoms with Crippen molar-refractivity contribution in [1.82, 2.24) is 9.29 Å². The van der Waals surface area contributed by atoms with Crippen LogP contribution in [-0.4, -0.2) is 30.8 Å². The largest absolute Gasteiger partial charge is 0.396 e. The molecular formula is C13H21N3O2S. The molecule has 0 bridgehead atoms. The van der Waals surface area contributed by atoms with Gasteiger partial charge in [-0.1, -0.05) is 19.8 Å². The molecule has 106 valence electrons. The van der Waals surface area contributed by atoms with Crippen molar-refractivity contribution < 1.29 is 8.42 Å². The molecule has 1 aliphatic carbocycles. The minimum atomic E-state index is -3.60. The number of sulfonamides is 1. The van der Waals surface area contributed by atoms with Crippen LogP contribution in [0.5, 0.6) is 0 Å². The number of anilines is 1. The van der Waals surface area contributed by atoms with Gasteiger partial charge in [-0.05, 0) is 30.9 Å². The molecule has 2 unspecified atom stereocenters. The second kappa shape index (κ2) is 5.46. The highest BCUT2D eigenvalue weighted by molar-refractivity contribution is 7.89. The van der Waals surface area contributed by atoms with Gasteiger partial charge < -0.3 is 5.73 Å². The summed E-state index contributed by atoms with van der Waals surface area (Å²) >= 11 is 0. The molecule has 1 saturated carbocycles. The molecule has 5 nitrogen and oxygen atoms in total. The smallest absolute Gasteiger partial charge is 0.262 e. The lowest BCUT2D eigenvalue weighted by Crippen LogP contribution is -2.40. The molecule has 0 saturated heterocycles. The van der Waals surface area contributed by atoms with Gasteiger partial charge in [0.05, 0.1) is 5.69 Å². The Morgan fingerprint density at radius 1 is 1.42 bits per heavy atom. The molecule has 0 radical (unpaired) electrons. The van der Waals surface area contributed by atoms with E-state index in [2.05, 4.69) is 11.9 Å². The van der Waals surface area contributed by atoms with Crippen molar-refractivity contribution in [2.24, 2.45) is 5.92 Å². The third-order valence-corrected chi connectivity index (χ3v) is 5.73. The maximum atomic E-state index is 12.5. The number of nitrogens with zero attached hydrogens (tertiary/aromatic N) is 2. The molecule has 0 spiro atoms. The summed E-state index contributed by atoms with van der Waals surface area (Å²) in [5, 5.41) is -0.0317. The van der Waals surface area contributed by atoms with Gasteiger partial charge in [-0.15, -0.1) is 0 Å². The Hall–Kier alpha value is -1.14. The lowest BCUT2D eigenvalue weighted by atomic mass is 9.87. The van der Waals surface area contributed by atoms with Crippen LogP contribution in [0.15, 0.2) is 23.4 Å². The number of nitrogen functional groups attached to an aromatic ring is 1. The van der Waals surface area contributed by atoms with E-state index < -0.39 is 10.0 Å². The van der Waals surface area contributed by atoms with Gasteiger partial charge >= 0.3 is 0 Å². The SMILES string of the molecule is CC1CCCC(N(C)S(=O)(=O)c2ncccc2N)C1. The van der Waals surface area contributed by atoms with E-state index in [4.69, 9.17) is 5.73 Å². The molecule has 6 heteroatoms. The van der Waals surface area contributed by atoms with Gasteiger partial charge in [0.1, 0.15) is 0 Å². The van der Waals surface area contributed by atoms with Crippen LogP contribution in [0.1, 0.15) is 32.6 Å². The van der Waals surface area contributed by atoms with Crippen LogP contribution in [0.4, 0.5) is 5.69 Å². The Balaban J connectivity index is 2.27. The first-order valence-electron chi connectivity index (χ1n) is 6.61. The first-order valence-corrected chi connectivity index (χ1v) is 8.05. The van der Waals surface area contributed by atoms with Crippen molar-refractivity contribution >= 4 is 15.7 Å². The van der Waals surface area contributed by atoms with E-state index in [1.807, 2.05) is 0 Å². The van der Waals surface area contributed by atoms with Crippen LogP contribution in [0, 0.1) is 5.92 Å². The van der Waals surface area contributed by atoms with Crippen molar-refractivity contribution in [2.75, 3.05) is 12.8 Å². The number of pyridine rings is 1. The Bertz CT molecular complexity index is 545. The fourth-order valence-electron chi connectivity index (χ4n) is 2.68. The van der Waals surface area contributed by atoms with Crippen molar-refractivity contribution in [3.63, 3.8) is 0 Å². The Morgan fingerprint density at radius 2 is 2.16 bits per heavy atom. The summed E-state index contributed by atoms with van der Waals surface area (Å²) in [6.45, 7) is 2.17. The van der Waals surface area contributed by atoms with Crippen LogP contribution in [-0.2, 0) is 10.0 Å². The summed E-state index contributed by atoms with van der Waals surface area (Å²) in [6, 6.07) is 3.25. The van der Waals surface area contributed by atoms with Gasteiger partial charge in [0.2, 0.25) is 0 Å². The normalized spacial score (nSPS) is 24.6. The van der Waals surface area contributed by atoms with Crippen LogP contribution in [0.25, 0.3) is 0 Å². The van der Waals surface area contributed by atoms with E-state index in [0.717, 1.165) is 19.3 Å². The molecule has 19 heavy (non-hydrogen) atoms. The lowest BCUT2D eigenvalue weighted by Gasteiger charge is -2.33. The minimum absolute atomic E-state index is 0.0317. The standard InChI is InChI=1S/C13H21N3O2S/c1-10-5-3-6-11(9-10)16(2)19(17,18)13-12(14)7-4-8-15-13/h4,7-8,10-11H,3,5-6,9,14H2,1-2H3. The van der Waals surface area contributed by atoms with Gasteiger partial charge in [0.25, 0.3) is 10.0 Å². The monoisotopic (exact) mass is 283 g/mol. The van der Waals surface area contributed by atoms with Crippen LogP contribution in [0.2, 0.25) is 0 Å². The second-order valence-corrected chi connectivity index (χ2v) is 7.26. The Labute approximate surface area is 114 Å². The summed E-state index contributed by atoms with van der Waals surface area (Å²) < 4.78 is 26.5. The average Bonchev–Trinajstić information content (AvgIpc) is 2.38. The zero-order chi connectivity index (χ0) is 14.0. The minimum Gasteiger partial charge on any atom is -0.396 e. The molecule has 0 amide bonds. The quantitative estimate of drug-likeness (QED) is 0.918.